The van der Waals surface area contributed by atoms with Crippen molar-refractivity contribution < 1.29 is 62.3 Å². The second-order valence-electron chi connectivity index (χ2n) is 8.54. The zero-order chi connectivity index (χ0) is 30.1. The van der Waals surface area contributed by atoms with Crippen LogP contribution in [0.5, 0.6) is 0 Å². The third kappa shape index (κ3) is 8.64. The topological polar surface area (TPSA) is 34.1 Å². The van der Waals surface area contributed by atoms with E-state index in [0.717, 1.165) is 13.8 Å². The van der Waals surface area contributed by atoms with Gasteiger partial charge >= 0.3 is 24.7 Å². The highest BCUT2D eigenvalue weighted by atomic mass is 32.2. The summed E-state index contributed by atoms with van der Waals surface area (Å²) in [4.78, 5) is 24.3. The number of carbonyl (C=O) groups excluding carboxylic acids is 2. The molecule has 2 aromatic carbocycles. The number of benzene rings is 2. The number of thioether (sulfide) groups is 1. The molecule has 216 valence electrons. The van der Waals surface area contributed by atoms with Gasteiger partial charge in [0.2, 0.25) is 0 Å². The summed E-state index contributed by atoms with van der Waals surface area (Å²) in [7, 11) is 0. The Balaban J connectivity index is 2.43. The van der Waals surface area contributed by atoms with Crippen molar-refractivity contribution in [3.8, 4) is 0 Å². The normalized spacial score (nSPS) is 14.7. The molecule has 0 heterocycles. The van der Waals surface area contributed by atoms with E-state index in [1.807, 2.05) is 0 Å². The molecule has 0 bridgehead atoms. The van der Waals surface area contributed by atoms with Gasteiger partial charge in [0.15, 0.2) is 0 Å². The minimum Gasteiger partial charge on any atom is -0.299 e. The van der Waals surface area contributed by atoms with Gasteiger partial charge in [0.05, 0.1) is 34.1 Å². The first kappa shape index (κ1) is 32.5. The monoisotopic (exact) mass is 598 g/mol. The number of halogens is 12. The maximum absolute atomic E-state index is 13.2. The van der Waals surface area contributed by atoms with Gasteiger partial charge in [-0.25, -0.2) is 0 Å². The van der Waals surface area contributed by atoms with Gasteiger partial charge in [-0.3, -0.25) is 9.59 Å². The predicted molar refractivity (Wildman–Crippen MR) is 117 cm³/mol. The van der Waals surface area contributed by atoms with E-state index >= 15 is 0 Å². The molecule has 0 N–H and O–H groups in total. The fourth-order valence-electron chi connectivity index (χ4n) is 3.56. The summed E-state index contributed by atoms with van der Waals surface area (Å²) in [5, 5.41) is 0. The van der Waals surface area contributed by atoms with E-state index in [1.165, 1.54) is 0 Å². The molecule has 2 aromatic rings. The van der Waals surface area contributed by atoms with Crippen LogP contribution in [-0.2, 0) is 34.3 Å². The average molecular weight is 598 g/mol. The average Bonchev–Trinajstić information content (AvgIpc) is 2.75. The molecule has 2 nitrogen and oxygen atoms in total. The van der Waals surface area contributed by atoms with E-state index < -0.39 is 93.0 Å². The molecule has 0 amide bonds. The predicted octanol–water partition coefficient (Wildman–Crippen LogP) is 8.54. The Hall–Kier alpha value is -2.71. The van der Waals surface area contributed by atoms with Crippen LogP contribution >= 0.6 is 11.8 Å². The van der Waals surface area contributed by atoms with Gasteiger partial charge in [-0.05, 0) is 61.4 Å². The highest BCUT2D eigenvalue weighted by Gasteiger charge is 2.39. The highest BCUT2D eigenvalue weighted by molar-refractivity contribution is 7.99. The number of rotatable bonds is 8. The quantitative estimate of drug-likeness (QED) is 0.286. The Kier molecular flexibility index (Phi) is 9.51. The van der Waals surface area contributed by atoms with Crippen molar-refractivity contribution in [2.45, 2.75) is 50.4 Å². The third-order valence-electron chi connectivity index (χ3n) is 5.58. The molecule has 0 aliphatic heterocycles. The number of hydrogen-bond acceptors (Lipinski definition) is 3. The lowest BCUT2D eigenvalue weighted by Crippen LogP contribution is -2.19. The fourth-order valence-corrected chi connectivity index (χ4v) is 5.02. The third-order valence-corrected chi connectivity index (χ3v) is 6.71. The van der Waals surface area contributed by atoms with Crippen LogP contribution < -0.4 is 0 Å². The Bertz CT molecular complexity index is 1050. The first-order chi connectivity index (χ1) is 17.5. The minimum atomic E-state index is -5.19. The van der Waals surface area contributed by atoms with E-state index in [-0.39, 0.29) is 12.1 Å². The van der Waals surface area contributed by atoms with Crippen LogP contribution in [-0.4, -0.2) is 23.1 Å². The van der Waals surface area contributed by atoms with Crippen LogP contribution in [0.2, 0.25) is 0 Å². The molecule has 2 unspecified atom stereocenters. The Morgan fingerprint density at radius 1 is 0.538 bits per heavy atom. The highest BCUT2D eigenvalue weighted by Crippen LogP contribution is 2.40. The molecule has 0 aromatic heterocycles. The molecule has 2 atom stereocenters. The van der Waals surface area contributed by atoms with E-state index in [4.69, 9.17) is 0 Å². The SMILES string of the molecule is CC(=O)C(CSCC(C(C)=O)c1cc(C(F)(F)F)cc(C(F)(F)F)c1)c1cc(C(F)(F)F)cc(C(F)(F)F)c1. The van der Waals surface area contributed by atoms with Crippen molar-refractivity contribution in [1.82, 2.24) is 0 Å². The summed E-state index contributed by atoms with van der Waals surface area (Å²) in [6.45, 7) is 1.78. The summed E-state index contributed by atoms with van der Waals surface area (Å²) >= 11 is 0.603. The second kappa shape index (κ2) is 11.4. The van der Waals surface area contributed by atoms with Gasteiger partial charge in [0.1, 0.15) is 11.6 Å². The minimum absolute atomic E-state index is 0.133. The Morgan fingerprint density at radius 2 is 0.769 bits per heavy atom. The number of carbonyl (C=O) groups is 2. The van der Waals surface area contributed by atoms with Gasteiger partial charge in [0.25, 0.3) is 0 Å². The van der Waals surface area contributed by atoms with Gasteiger partial charge in [-0.15, -0.1) is 0 Å². The smallest absolute Gasteiger partial charge is 0.299 e. The Morgan fingerprint density at radius 3 is 0.949 bits per heavy atom. The standard InChI is InChI=1S/C24H18F12O2S/c1-11(37)19(13-3-15(21(25,26)27)7-16(4-13)22(28,29)30)9-39-10-20(12(2)38)14-5-17(23(31,32)33)8-18(6-14)24(34,35)36/h3-8,19-20H,9-10H2,1-2H3. The van der Waals surface area contributed by atoms with Crippen LogP contribution in [0.15, 0.2) is 36.4 Å². The zero-order valence-corrected chi connectivity index (χ0v) is 20.6. The first-order valence-corrected chi connectivity index (χ1v) is 11.8. The van der Waals surface area contributed by atoms with Crippen molar-refractivity contribution >= 4 is 23.3 Å². The van der Waals surface area contributed by atoms with Gasteiger partial charge in [0, 0.05) is 11.5 Å². The summed E-state index contributed by atoms with van der Waals surface area (Å²) in [5.74, 6) is -5.84. The number of alkyl halides is 12. The molecule has 39 heavy (non-hydrogen) atoms. The van der Waals surface area contributed by atoms with Gasteiger partial charge in [-0.2, -0.15) is 64.4 Å². The molecule has 0 saturated carbocycles. The molecular formula is C24H18F12O2S. The maximum atomic E-state index is 13.2. The van der Waals surface area contributed by atoms with Crippen molar-refractivity contribution in [2.24, 2.45) is 0 Å². The number of Topliss-reactive ketones (excluding diaryl/α,β-unsaturated/α-hetero) is 2. The molecule has 0 aliphatic rings. The van der Waals surface area contributed by atoms with Crippen molar-refractivity contribution in [2.75, 3.05) is 11.5 Å². The molecule has 0 spiro atoms. The number of ketones is 2. The summed E-state index contributed by atoms with van der Waals surface area (Å²) in [5.41, 5.74) is -7.98. The molecule has 0 saturated heterocycles. The van der Waals surface area contributed by atoms with Gasteiger partial charge < -0.3 is 0 Å². The lowest BCUT2D eigenvalue weighted by Gasteiger charge is -2.21. The second-order valence-corrected chi connectivity index (χ2v) is 9.62. The summed E-state index contributed by atoms with van der Waals surface area (Å²) < 4.78 is 159. The lowest BCUT2D eigenvalue weighted by atomic mass is 9.93. The van der Waals surface area contributed by atoms with Crippen LogP contribution in [0, 0.1) is 0 Å². The molecule has 2 rings (SSSR count). The Labute approximate surface area is 217 Å². The maximum Gasteiger partial charge on any atom is 0.416 e. The zero-order valence-electron chi connectivity index (χ0n) is 19.8. The van der Waals surface area contributed by atoms with E-state index in [0.29, 0.717) is 36.0 Å². The van der Waals surface area contributed by atoms with Gasteiger partial charge in [-0.1, -0.05) is 0 Å². The lowest BCUT2D eigenvalue weighted by molar-refractivity contribution is -0.144. The van der Waals surface area contributed by atoms with Crippen LogP contribution in [0.3, 0.4) is 0 Å². The van der Waals surface area contributed by atoms with E-state index in [2.05, 4.69) is 0 Å². The summed E-state index contributed by atoms with van der Waals surface area (Å²) in [6, 6.07) is 1.15. The summed E-state index contributed by atoms with van der Waals surface area (Å²) in [6.07, 6.45) is -20.8. The molecule has 0 fully saturated rings. The van der Waals surface area contributed by atoms with Crippen LogP contribution in [0.1, 0.15) is 59.1 Å². The van der Waals surface area contributed by atoms with Crippen LogP contribution in [0.4, 0.5) is 52.7 Å². The largest absolute Gasteiger partial charge is 0.416 e. The molecule has 0 radical (unpaired) electrons. The first-order valence-electron chi connectivity index (χ1n) is 10.7. The van der Waals surface area contributed by atoms with Crippen molar-refractivity contribution in [1.29, 1.82) is 0 Å². The molecular weight excluding hydrogens is 580 g/mol. The van der Waals surface area contributed by atoms with Crippen LogP contribution in [0.25, 0.3) is 0 Å². The number of hydrogen-bond donors (Lipinski definition) is 0. The fraction of sp³-hybridized carbons (Fsp3) is 0.417. The molecule has 0 aliphatic carbocycles. The van der Waals surface area contributed by atoms with E-state index in [9.17, 15) is 62.3 Å². The van der Waals surface area contributed by atoms with Crippen molar-refractivity contribution in [3.05, 3.63) is 69.8 Å². The van der Waals surface area contributed by atoms with Crippen molar-refractivity contribution in [3.63, 3.8) is 0 Å². The molecule has 15 heteroatoms. The van der Waals surface area contributed by atoms with E-state index in [1.54, 1.807) is 0 Å².